The van der Waals surface area contributed by atoms with Crippen LogP contribution < -0.4 is 0 Å². The maximum absolute atomic E-state index is 1.33. The number of hydrogen-bond donors (Lipinski definition) is 0. The molecule has 0 nitrogen and oxygen atoms in total. The Labute approximate surface area is 59.0 Å². The van der Waals surface area contributed by atoms with Crippen LogP contribution in [0.2, 0.25) is 0 Å². The Bertz CT molecular complexity index is 115. The normalized spacial score (nSPS) is 96.0. The van der Waals surface area contributed by atoms with Gasteiger partial charge >= 0.3 is 0 Å². The Morgan fingerprint density at radius 1 is 0.333 bits per heavy atom. The third kappa shape index (κ3) is 0.137. The molecule has 6 saturated carbocycles. The minimum atomic E-state index is 0. The maximum Gasteiger partial charge on any atom is -0.0149 e. The van der Waals surface area contributed by atoms with Gasteiger partial charge in [0, 0.05) is 0 Å². The fraction of sp³-hybridized carbons (Fsp3) is 1.00. The molecule has 0 saturated heterocycles. The molecule has 1 heteroatoms. The molecule has 9 heavy (non-hydrogen) atoms. The molecule has 48 valence electrons. The molecule has 0 spiro atoms. The molecule has 0 atom stereocenters. The second kappa shape index (κ2) is 0.730. The molecule has 0 N–H and O–H groups in total. The van der Waals surface area contributed by atoms with Crippen molar-refractivity contribution < 1.29 is 0 Å². The summed E-state index contributed by atoms with van der Waals surface area (Å²) in [5.74, 6) is 10.7. The molecule has 0 radical (unpaired) electrons. The lowest BCUT2D eigenvalue weighted by molar-refractivity contribution is -0.565. The summed E-state index contributed by atoms with van der Waals surface area (Å²) >= 11 is 0. The predicted octanol–water partition coefficient (Wildman–Crippen LogP) is -0.468. The van der Waals surface area contributed by atoms with Gasteiger partial charge in [0.15, 0.2) is 0 Å². The van der Waals surface area contributed by atoms with E-state index in [4.69, 9.17) is 0 Å². The van der Waals surface area contributed by atoms with Gasteiger partial charge in [-0.05, 0) is 58.3 Å². The standard InChI is InChI=1S/C8H8.H4Si/c1-2-5-3(1)7-4(1)6(2)8(5)7;/h1-8H;1H4. The zero-order valence-electron chi connectivity index (χ0n) is 4.62. The molecule has 0 heterocycles. The lowest BCUT2D eigenvalue weighted by Gasteiger charge is -3.03. The van der Waals surface area contributed by atoms with E-state index in [1.807, 2.05) is 0 Å². The lowest BCUT2D eigenvalue weighted by atomic mass is 9.01. The molecule has 0 bridgehead atoms. The van der Waals surface area contributed by atoms with E-state index < -0.39 is 0 Å². The third-order valence-corrected chi connectivity index (χ3v) is 5.33. The molecule has 0 aromatic heterocycles. The summed E-state index contributed by atoms with van der Waals surface area (Å²) in [6, 6.07) is 0. The van der Waals surface area contributed by atoms with Crippen LogP contribution in [0.25, 0.3) is 0 Å². The highest BCUT2D eigenvalue weighted by molar-refractivity contribution is 5.75. The summed E-state index contributed by atoms with van der Waals surface area (Å²) in [4.78, 5) is 0. The zero-order valence-corrected chi connectivity index (χ0v) is 4.62. The molecular weight excluding hydrogens is 124 g/mol. The van der Waals surface area contributed by atoms with Crippen LogP contribution in [0.3, 0.4) is 0 Å². The van der Waals surface area contributed by atoms with Crippen molar-refractivity contribution in [3.8, 4) is 0 Å². The van der Waals surface area contributed by atoms with E-state index in [0.29, 0.717) is 0 Å². The summed E-state index contributed by atoms with van der Waals surface area (Å²) in [7, 11) is 0. The van der Waals surface area contributed by atoms with Crippen LogP contribution in [0.1, 0.15) is 0 Å². The molecular formula is C8H12Si. The van der Waals surface area contributed by atoms with Gasteiger partial charge in [-0.15, -0.1) is 0 Å². The van der Waals surface area contributed by atoms with E-state index in [9.17, 15) is 0 Å². The topological polar surface area (TPSA) is 0 Å². The molecule has 6 rings (SSSR count). The Kier molecular flexibility index (Phi) is 0.338. The molecule has 0 aliphatic heterocycles. The molecule has 0 unspecified atom stereocenters. The Morgan fingerprint density at radius 3 is 0.556 bits per heavy atom. The summed E-state index contributed by atoms with van der Waals surface area (Å²) in [6.07, 6.45) is 0. The van der Waals surface area contributed by atoms with Crippen molar-refractivity contribution in [2.45, 2.75) is 0 Å². The quantitative estimate of drug-likeness (QED) is 0.395. The lowest BCUT2D eigenvalue weighted by Crippen LogP contribution is -3.00. The smallest absolute Gasteiger partial charge is 0.0149 e. The third-order valence-electron chi connectivity index (χ3n) is 5.33. The first kappa shape index (κ1) is 4.17. The number of hydrogen-bond acceptors (Lipinski definition) is 0. The van der Waals surface area contributed by atoms with Gasteiger partial charge < -0.3 is 0 Å². The van der Waals surface area contributed by atoms with E-state index in [1.54, 1.807) is 0 Å². The van der Waals surface area contributed by atoms with Gasteiger partial charge in [0.1, 0.15) is 0 Å². The van der Waals surface area contributed by atoms with E-state index >= 15 is 0 Å². The van der Waals surface area contributed by atoms with Crippen LogP contribution in [0.4, 0.5) is 0 Å². The van der Waals surface area contributed by atoms with Gasteiger partial charge in [0.25, 0.3) is 0 Å². The minimum Gasteiger partial charge on any atom is -0.0312 e. The van der Waals surface area contributed by atoms with Gasteiger partial charge in [0.05, 0.1) is 0 Å². The van der Waals surface area contributed by atoms with Crippen molar-refractivity contribution in [1.82, 2.24) is 0 Å². The predicted molar refractivity (Wildman–Crippen MR) is 39.3 cm³/mol. The van der Waals surface area contributed by atoms with Crippen LogP contribution in [-0.2, 0) is 0 Å². The first-order valence-electron chi connectivity index (χ1n) is 4.00. The highest BCUT2D eigenvalue weighted by atomic mass is 28.1. The minimum absolute atomic E-state index is 0. The summed E-state index contributed by atoms with van der Waals surface area (Å²) in [5.41, 5.74) is 0. The first-order chi connectivity index (χ1) is 4.00. The van der Waals surface area contributed by atoms with E-state index in [-0.39, 0.29) is 11.0 Å². The summed E-state index contributed by atoms with van der Waals surface area (Å²) in [5, 5.41) is 0. The van der Waals surface area contributed by atoms with E-state index in [2.05, 4.69) is 0 Å². The van der Waals surface area contributed by atoms with E-state index in [1.165, 1.54) is 47.3 Å². The Balaban J connectivity index is 0.000000288. The average molecular weight is 136 g/mol. The van der Waals surface area contributed by atoms with Crippen molar-refractivity contribution in [3.63, 3.8) is 0 Å². The van der Waals surface area contributed by atoms with Gasteiger partial charge in [0.2, 0.25) is 0 Å². The van der Waals surface area contributed by atoms with Crippen molar-refractivity contribution in [2.75, 3.05) is 0 Å². The maximum atomic E-state index is 1.33. The molecule has 0 aromatic rings. The van der Waals surface area contributed by atoms with Gasteiger partial charge in [-0.3, -0.25) is 0 Å². The Morgan fingerprint density at radius 2 is 0.444 bits per heavy atom. The molecule has 6 aliphatic carbocycles. The van der Waals surface area contributed by atoms with Crippen LogP contribution in [0, 0.1) is 47.3 Å². The molecule has 0 amide bonds. The zero-order chi connectivity index (χ0) is 4.62. The highest BCUT2D eigenvalue weighted by Gasteiger charge is 2.97. The SMILES string of the molecule is C12C3C4C1C1C2C3C41.[SiH4]. The fourth-order valence-corrected chi connectivity index (χ4v) is 5.29. The summed E-state index contributed by atoms with van der Waals surface area (Å²) < 4.78 is 0. The number of rotatable bonds is 0. The van der Waals surface area contributed by atoms with Crippen LogP contribution in [0.15, 0.2) is 0 Å². The van der Waals surface area contributed by atoms with Crippen molar-refractivity contribution in [1.29, 1.82) is 0 Å². The van der Waals surface area contributed by atoms with Crippen LogP contribution >= 0.6 is 0 Å². The Hall–Kier alpha value is 0.217. The fourth-order valence-electron chi connectivity index (χ4n) is 5.29. The van der Waals surface area contributed by atoms with Crippen molar-refractivity contribution in [2.24, 2.45) is 47.3 Å². The van der Waals surface area contributed by atoms with Gasteiger partial charge in [-0.1, -0.05) is 0 Å². The second-order valence-electron chi connectivity index (χ2n) is 4.62. The molecule has 0 aromatic carbocycles. The van der Waals surface area contributed by atoms with Gasteiger partial charge in [-0.2, -0.15) is 0 Å². The van der Waals surface area contributed by atoms with Crippen molar-refractivity contribution >= 4 is 11.0 Å². The summed E-state index contributed by atoms with van der Waals surface area (Å²) in [6.45, 7) is 0. The molecule has 6 aliphatic rings. The van der Waals surface area contributed by atoms with E-state index in [0.717, 1.165) is 0 Å². The van der Waals surface area contributed by atoms with Crippen LogP contribution in [0.5, 0.6) is 0 Å². The van der Waals surface area contributed by atoms with Crippen LogP contribution in [-0.4, -0.2) is 11.0 Å². The monoisotopic (exact) mass is 136 g/mol. The first-order valence-corrected chi connectivity index (χ1v) is 4.00. The second-order valence-corrected chi connectivity index (χ2v) is 4.62. The largest absolute Gasteiger partial charge is 0.0312 e. The average Bonchev–Trinajstić information content (AvgIpc) is 1.90. The van der Waals surface area contributed by atoms with Crippen molar-refractivity contribution in [3.05, 3.63) is 0 Å². The van der Waals surface area contributed by atoms with Gasteiger partial charge in [-0.25, -0.2) is 0 Å². The highest BCUT2D eigenvalue weighted by Crippen LogP contribution is 3.00. The molecule has 6 fully saturated rings.